The second-order valence-corrected chi connectivity index (χ2v) is 7.74. The molecule has 6 heteroatoms. The van der Waals surface area contributed by atoms with E-state index < -0.39 is 0 Å². The highest BCUT2D eigenvalue weighted by Gasteiger charge is 2.34. The summed E-state index contributed by atoms with van der Waals surface area (Å²) in [6, 6.07) is 15.3. The molecule has 1 aliphatic carbocycles. The van der Waals surface area contributed by atoms with Crippen molar-refractivity contribution >= 4 is 17.0 Å². The van der Waals surface area contributed by atoms with Crippen molar-refractivity contribution in [1.29, 1.82) is 0 Å². The zero-order valence-corrected chi connectivity index (χ0v) is 16.3. The number of carbonyl (C=O) groups is 1. The van der Waals surface area contributed by atoms with Gasteiger partial charge < -0.3 is 24.5 Å². The summed E-state index contributed by atoms with van der Waals surface area (Å²) in [5.74, 6) is 2.70. The van der Waals surface area contributed by atoms with Crippen molar-refractivity contribution in [2.75, 3.05) is 13.2 Å². The number of furan rings is 1. The number of rotatable bonds is 5. The van der Waals surface area contributed by atoms with Crippen LogP contribution in [0.1, 0.15) is 43.2 Å². The fourth-order valence-electron chi connectivity index (χ4n) is 3.82. The Morgan fingerprint density at radius 1 is 1.00 bits per heavy atom. The molecule has 1 aromatic heterocycles. The first-order valence-corrected chi connectivity index (χ1v) is 10.1. The largest absolute Gasteiger partial charge is 0.486 e. The first kappa shape index (κ1) is 17.9. The summed E-state index contributed by atoms with van der Waals surface area (Å²) in [6.45, 7) is 3.04. The zero-order valence-electron chi connectivity index (χ0n) is 16.3. The maximum absolute atomic E-state index is 12.7. The van der Waals surface area contributed by atoms with Gasteiger partial charge in [0.1, 0.15) is 24.6 Å². The van der Waals surface area contributed by atoms with Gasteiger partial charge in [-0.15, -0.1) is 0 Å². The van der Waals surface area contributed by atoms with Gasteiger partial charge in [0.15, 0.2) is 11.5 Å². The molecule has 2 unspecified atom stereocenters. The molecule has 1 fully saturated rings. The van der Waals surface area contributed by atoms with E-state index in [4.69, 9.17) is 13.9 Å². The molecule has 3 aromatic rings. The number of hydrogen-bond donors (Lipinski definition) is 2. The smallest absolute Gasteiger partial charge is 0.315 e. The molecule has 6 nitrogen and oxygen atoms in total. The van der Waals surface area contributed by atoms with E-state index in [0.29, 0.717) is 19.1 Å². The van der Waals surface area contributed by atoms with Gasteiger partial charge in [-0.1, -0.05) is 24.3 Å². The van der Waals surface area contributed by atoms with Gasteiger partial charge in [-0.05, 0) is 55.5 Å². The second kappa shape index (κ2) is 7.35. The molecule has 29 heavy (non-hydrogen) atoms. The summed E-state index contributed by atoms with van der Waals surface area (Å²) in [5, 5.41) is 7.18. The first-order valence-electron chi connectivity index (χ1n) is 10.1. The highest BCUT2D eigenvalue weighted by Crippen LogP contribution is 2.43. The first-order chi connectivity index (χ1) is 14.2. The fraction of sp³-hybridized carbons (Fsp3) is 0.348. The topological polar surface area (TPSA) is 72.7 Å². The maximum Gasteiger partial charge on any atom is 0.315 e. The van der Waals surface area contributed by atoms with Crippen LogP contribution >= 0.6 is 0 Å². The van der Waals surface area contributed by atoms with Gasteiger partial charge >= 0.3 is 6.03 Å². The highest BCUT2D eigenvalue weighted by molar-refractivity contribution is 5.78. The molecule has 150 valence electrons. The molecule has 0 spiro atoms. The maximum atomic E-state index is 12.7. The zero-order chi connectivity index (χ0) is 19.8. The Morgan fingerprint density at radius 3 is 2.59 bits per heavy atom. The molecule has 5 rings (SSSR count). The van der Waals surface area contributed by atoms with Crippen LogP contribution in [-0.2, 0) is 0 Å². The predicted molar refractivity (Wildman–Crippen MR) is 109 cm³/mol. The number of urea groups is 1. The van der Waals surface area contributed by atoms with E-state index in [2.05, 4.69) is 10.6 Å². The van der Waals surface area contributed by atoms with E-state index in [1.807, 2.05) is 55.5 Å². The molecule has 1 aliphatic heterocycles. The van der Waals surface area contributed by atoms with E-state index in [9.17, 15) is 4.79 Å². The van der Waals surface area contributed by atoms with Crippen LogP contribution in [0.4, 0.5) is 4.79 Å². The number of ether oxygens (including phenoxy) is 2. The number of hydrogen-bond acceptors (Lipinski definition) is 4. The number of fused-ring (bicyclic) bond motifs is 2. The van der Waals surface area contributed by atoms with E-state index in [-0.39, 0.29) is 18.1 Å². The summed E-state index contributed by atoms with van der Waals surface area (Å²) in [4.78, 5) is 12.7. The van der Waals surface area contributed by atoms with Crippen molar-refractivity contribution in [3.05, 3.63) is 59.9 Å². The van der Waals surface area contributed by atoms with Crippen molar-refractivity contribution in [2.45, 2.75) is 31.8 Å². The van der Waals surface area contributed by atoms with Crippen LogP contribution in [0.2, 0.25) is 0 Å². The van der Waals surface area contributed by atoms with Crippen molar-refractivity contribution in [3.8, 4) is 11.5 Å². The van der Waals surface area contributed by atoms with Gasteiger partial charge in [0.05, 0.1) is 12.1 Å². The van der Waals surface area contributed by atoms with Gasteiger partial charge in [0.25, 0.3) is 0 Å². The summed E-state index contributed by atoms with van der Waals surface area (Å²) in [6.07, 6.45) is 2.22. The molecule has 0 bridgehead atoms. The summed E-state index contributed by atoms with van der Waals surface area (Å²) in [5.41, 5.74) is 1.87. The highest BCUT2D eigenvalue weighted by atomic mass is 16.6. The number of benzene rings is 2. The van der Waals surface area contributed by atoms with Crippen molar-refractivity contribution in [1.82, 2.24) is 10.6 Å². The Kier molecular flexibility index (Phi) is 4.54. The number of nitrogens with one attached hydrogen (secondary N) is 2. The Bertz CT molecular complexity index is 1010. The number of para-hydroxylation sites is 1. The Labute approximate surface area is 169 Å². The molecule has 2 N–H and O–H groups in total. The minimum Gasteiger partial charge on any atom is -0.486 e. The third kappa shape index (κ3) is 3.75. The Morgan fingerprint density at radius 2 is 1.79 bits per heavy atom. The second-order valence-electron chi connectivity index (χ2n) is 7.74. The Balaban J connectivity index is 1.29. The summed E-state index contributed by atoms with van der Waals surface area (Å²) in [7, 11) is 0. The average Bonchev–Trinajstić information content (AvgIpc) is 3.49. The fourth-order valence-corrected chi connectivity index (χ4v) is 3.82. The summed E-state index contributed by atoms with van der Waals surface area (Å²) >= 11 is 0. The van der Waals surface area contributed by atoms with Crippen molar-refractivity contribution < 1.29 is 18.7 Å². The lowest BCUT2D eigenvalue weighted by atomic mass is 10.0. The van der Waals surface area contributed by atoms with E-state index in [1.165, 1.54) is 0 Å². The quantitative estimate of drug-likeness (QED) is 0.659. The van der Waals surface area contributed by atoms with Crippen LogP contribution in [0.3, 0.4) is 0 Å². The monoisotopic (exact) mass is 392 g/mol. The third-order valence-electron chi connectivity index (χ3n) is 5.52. The number of carbonyl (C=O) groups excluding carboxylic acids is 1. The molecule has 2 heterocycles. The van der Waals surface area contributed by atoms with Crippen molar-refractivity contribution in [2.24, 2.45) is 5.92 Å². The molecule has 2 aromatic carbocycles. The molecule has 2 atom stereocenters. The van der Waals surface area contributed by atoms with Crippen LogP contribution < -0.4 is 20.1 Å². The third-order valence-corrected chi connectivity index (χ3v) is 5.52. The van der Waals surface area contributed by atoms with Gasteiger partial charge in [0, 0.05) is 5.39 Å². The molecule has 0 radical (unpaired) electrons. The van der Waals surface area contributed by atoms with Crippen LogP contribution in [0.25, 0.3) is 11.0 Å². The van der Waals surface area contributed by atoms with Crippen LogP contribution in [-0.4, -0.2) is 19.2 Å². The molecule has 2 amide bonds. The standard InChI is InChI=1S/C23H24N2O4/c1-14(20-12-16-4-2-3-5-18(16)29-20)24-23(26)25-22(15-6-7-15)17-8-9-19-21(13-17)28-11-10-27-19/h2-5,8-9,12-15,22H,6-7,10-11H2,1H3,(H2,24,25,26). The SMILES string of the molecule is CC(NC(=O)NC(c1ccc2c(c1)OCCO2)C1CC1)c1cc2ccccc2o1. The van der Waals surface area contributed by atoms with E-state index >= 15 is 0 Å². The molecule has 1 saturated carbocycles. The lowest BCUT2D eigenvalue weighted by Crippen LogP contribution is -2.39. The van der Waals surface area contributed by atoms with E-state index in [1.54, 1.807) is 0 Å². The number of amides is 2. The van der Waals surface area contributed by atoms with Crippen LogP contribution in [0.15, 0.2) is 52.9 Å². The van der Waals surface area contributed by atoms with Gasteiger partial charge in [-0.2, -0.15) is 0 Å². The molecule has 0 saturated heterocycles. The van der Waals surface area contributed by atoms with Crippen LogP contribution in [0.5, 0.6) is 11.5 Å². The van der Waals surface area contributed by atoms with Crippen LogP contribution in [0, 0.1) is 5.92 Å². The van der Waals surface area contributed by atoms with Crippen molar-refractivity contribution in [3.63, 3.8) is 0 Å². The Hall–Kier alpha value is -3.15. The minimum absolute atomic E-state index is 0.0475. The molecular formula is C23H24N2O4. The van der Waals surface area contributed by atoms with E-state index in [0.717, 1.165) is 46.6 Å². The lowest BCUT2D eigenvalue weighted by molar-refractivity contribution is 0.171. The normalized spacial score (nSPS) is 17.6. The lowest BCUT2D eigenvalue weighted by Gasteiger charge is -2.23. The summed E-state index contributed by atoms with van der Waals surface area (Å²) < 4.78 is 17.2. The predicted octanol–water partition coefficient (Wildman–Crippen LogP) is 4.72. The van der Waals surface area contributed by atoms with Gasteiger partial charge in [-0.25, -0.2) is 4.79 Å². The molecule has 2 aliphatic rings. The van der Waals surface area contributed by atoms with Gasteiger partial charge in [0.2, 0.25) is 0 Å². The average molecular weight is 392 g/mol. The molecular weight excluding hydrogens is 368 g/mol. The van der Waals surface area contributed by atoms with Gasteiger partial charge in [-0.3, -0.25) is 0 Å². The minimum atomic E-state index is -0.234.